The Bertz CT molecular complexity index is 306. The highest BCUT2D eigenvalue weighted by Gasteiger charge is 1.84. The molecule has 6 heteroatoms. The minimum Gasteiger partial charge on any atom is -0.259 e. The van der Waals surface area contributed by atoms with Crippen LogP contribution in [0.5, 0.6) is 0 Å². The van der Waals surface area contributed by atoms with E-state index < -0.39 is 17.1 Å². The molecule has 0 fully saturated rings. The smallest absolute Gasteiger partial charge is 0.259 e. The Labute approximate surface area is 73.7 Å². The molecule has 0 radical (unpaired) electrons. The first kappa shape index (κ1) is 13.5. The first-order chi connectivity index (χ1) is 6.18. The fraction of sp³-hybridized carbons (Fsp3) is 0. The molecule has 0 unspecified atom stereocenters. The van der Waals surface area contributed by atoms with Crippen LogP contribution < -0.4 is 17.1 Å². The molecule has 0 aromatic carbocycles. The van der Waals surface area contributed by atoms with Gasteiger partial charge in [-0.15, -0.1) is 26.3 Å². The Morgan fingerprint density at radius 1 is 0.615 bits per heavy atom. The number of hydrogen-bond donors (Lipinski definition) is 3. The van der Waals surface area contributed by atoms with Crippen LogP contribution in [0.3, 0.4) is 0 Å². The maximum absolute atomic E-state index is 10.2. The quantitative estimate of drug-likeness (QED) is 0.468. The summed E-state index contributed by atoms with van der Waals surface area (Å²) in [5, 5.41) is 0. The zero-order chi connectivity index (χ0) is 10.9. The number of rotatable bonds is 0. The molecule has 0 atom stereocenters. The lowest BCUT2D eigenvalue weighted by Crippen LogP contribution is -2.34. The van der Waals surface area contributed by atoms with Crippen molar-refractivity contribution in [1.29, 1.82) is 0 Å². The normalized spacial score (nSPS) is 7.08. The molecule has 0 aliphatic heterocycles. The molecule has 0 saturated heterocycles. The Morgan fingerprint density at radius 2 is 0.769 bits per heavy atom. The molecule has 0 spiro atoms. The van der Waals surface area contributed by atoms with Crippen molar-refractivity contribution in [3.8, 4) is 0 Å². The van der Waals surface area contributed by atoms with Crippen molar-refractivity contribution in [3.63, 3.8) is 0 Å². The SMILES string of the molecule is C=C.C=C.O=c1[nH]c(=O)[nH]c(=O)[nH]1. The van der Waals surface area contributed by atoms with Crippen molar-refractivity contribution in [3.05, 3.63) is 57.8 Å². The largest absolute Gasteiger partial charge is 0.330 e. The van der Waals surface area contributed by atoms with Gasteiger partial charge in [0, 0.05) is 0 Å². The van der Waals surface area contributed by atoms with E-state index in [1.54, 1.807) is 15.0 Å². The van der Waals surface area contributed by atoms with Gasteiger partial charge in [-0.3, -0.25) is 15.0 Å². The third kappa shape index (κ3) is 6.29. The molecule has 13 heavy (non-hydrogen) atoms. The van der Waals surface area contributed by atoms with Gasteiger partial charge in [-0.2, -0.15) is 0 Å². The molecule has 1 aromatic heterocycles. The summed E-state index contributed by atoms with van der Waals surface area (Å²) >= 11 is 0. The Balaban J connectivity index is 0. The number of nitrogens with one attached hydrogen (secondary N) is 3. The molecular formula is C7H11N3O3. The Morgan fingerprint density at radius 3 is 0.923 bits per heavy atom. The molecular weight excluding hydrogens is 174 g/mol. The third-order valence-electron chi connectivity index (χ3n) is 0.681. The lowest BCUT2D eigenvalue weighted by molar-refractivity contribution is 0.888. The van der Waals surface area contributed by atoms with Gasteiger partial charge in [-0.1, -0.05) is 0 Å². The van der Waals surface area contributed by atoms with Crippen molar-refractivity contribution in [2.45, 2.75) is 0 Å². The van der Waals surface area contributed by atoms with Crippen LogP contribution in [-0.4, -0.2) is 15.0 Å². The molecule has 72 valence electrons. The van der Waals surface area contributed by atoms with E-state index in [1.165, 1.54) is 0 Å². The minimum absolute atomic E-state index is 0.802. The van der Waals surface area contributed by atoms with Gasteiger partial charge in [0.1, 0.15) is 0 Å². The number of aromatic amines is 3. The first-order valence-corrected chi connectivity index (χ1v) is 3.11. The highest BCUT2D eigenvalue weighted by Crippen LogP contribution is 1.29. The van der Waals surface area contributed by atoms with E-state index >= 15 is 0 Å². The van der Waals surface area contributed by atoms with Crippen molar-refractivity contribution in [1.82, 2.24) is 15.0 Å². The molecule has 1 rings (SSSR count). The second kappa shape index (κ2) is 7.99. The van der Waals surface area contributed by atoms with Crippen molar-refractivity contribution in [2.24, 2.45) is 0 Å². The van der Waals surface area contributed by atoms with Gasteiger partial charge in [0.15, 0.2) is 0 Å². The fourth-order valence-electron chi connectivity index (χ4n) is 0.403. The molecule has 0 aliphatic rings. The molecule has 6 nitrogen and oxygen atoms in total. The maximum Gasteiger partial charge on any atom is 0.330 e. The van der Waals surface area contributed by atoms with Gasteiger partial charge in [0.2, 0.25) is 0 Å². The van der Waals surface area contributed by atoms with E-state index in [4.69, 9.17) is 0 Å². The summed E-state index contributed by atoms with van der Waals surface area (Å²) in [6.07, 6.45) is 0. The van der Waals surface area contributed by atoms with Gasteiger partial charge < -0.3 is 0 Å². The third-order valence-corrected chi connectivity index (χ3v) is 0.681. The average Bonchev–Trinajstić information content (AvgIpc) is 2.09. The predicted octanol–water partition coefficient (Wildman–Crippen LogP) is -0.644. The van der Waals surface area contributed by atoms with E-state index in [2.05, 4.69) is 26.3 Å². The van der Waals surface area contributed by atoms with Crippen LogP contribution in [0.15, 0.2) is 40.7 Å². The van der Waals surface area contributed by atoms with E-state index in [-0.39, 0.29) is 0 Å². The van der Waals surface area contributed by atoms with Crippen LogP contribution in [0.25, 0.3) is 0 Å². The van der Waals surface area contributed by atoms with E-state index in [1.807, 2.05) is 0 Å². The predicted molar refractivity (Wildman–Crippen MR) is 50.8 cm³/mol. The van der Waals surface area contributed by atoms with Gasteiger partial charge in [0.25, 0.3) is 0 Å². The molecule has 1 heterocycles. The summed E-state index contributed by atoms with van der Waals surface area (Å²) in [5.74, 6) is 0. The van der Waals surface area contributed by atoms with Crippen LogP contribution in [0, 0.1) is 0 Å². The average molecular weight is 185 g/mol. The zero-order valence-electron chi connectivity index (χ0n) is 7.05. The van der Waals surface area contributed by atoms with Crippen molar-refractivity contribution in [2.75, 3.05) is 0 Å². The Kier molecular flexibility index (Phi) is 8.28. The van der Waals surface area contributed by atoms with Gasteiger partial charge >= 0.3 is 17.1 Å². The summed E-state index contributed by atoms with van der Waals surface area (Å²) < 4.78 is 0. The van der Waals surface area contributed by atoms with Crippen LogP contribution in [0.2, 0.25) is 0 Å². The minimum atomic E-state index is -0.802. The van der Waals surface area contributed by atoms with Gasteiger partial charge in [0.05, 0.1) is 0 Å². The molecule has 0 aliphatic carbocycles. The first-order valence-electron chi connectivity index (χ1n) is 3.11. The van der Waals surface area contributed by atoms with Crippen molar-refractivity contribution < 1.29 is 0 Å². The topological polar surface area (TPSA) is 98.6 Å². The van der Waals surface area contributed by atoms with Crippen LogP contribution in [-0.2, 0) is 0 Å². The lowest BCUT2D eigenvalue weighted by Gasteiger charge is -1.77. The molecule has 3 N–H and O–H groups in total. The zero-order valence-corrected chi connectivity index (χ0v) is 7.05. The maximum atomic E-state index is 10.2. The summed E-state index contributed by atoms with van der Waals surface area (Å²) in [6, 6.07) is 0. The fourth-order valence-corrected chi connectivity index (χ4v) is 0.403. The summed E-state index contributed by atoms with van der Waals surface area (Å²) in [4.78, 5) is 35.9. The van der Waals surface area contributed by atoms with Crippen LogP contribution in [0.1, 0.15) is 0 Å². The lowest BCUT2D eigenvalue weighted by atomic mass is 11.0. The molecule has 1 aromatic rings. The summed E-state index contributed by atoms with van der Waals surface area (Å²) in [6.45, 7) is 12.0. The number of aromatic nitrogens is 3. The van der Waals surface area contributed by atoms with Crippen LogP contribution in [0.4, 0.5) is 0 Å². The monoisotopic (exact) mass is 185 g/mol. The van der Waals surface area contributed by atoms with Crippen LogP contribution >= 0.6 is 0 Å². The van der Waals surface area contributed by atoms with Gasteiger partial charge in [-0.05, 0) is 0 Å². The number of hydrogen-bond acceptors (Lipinski definition) is 3. The van der Waals surface area contributed by atoms with E-state index in [0.29, 0.717) is 0 Å². The standard InChI is InChI=1S/C3H3N3O3.2C2H4/c7-1-4-2(8)6-3(9)5-1;2*1-2/h(H3,4,5,6,7,8,9);2*1-2H2. The van der Waals surface area contributed by atoms with E-state index in [9.17, 15) is 14.4 Å². The summed E-state index contributed by atoms with van der Waals surface area (Å²) in [7, 11) is 0. The second-order valence-electron chi connectivity index (χ2n) is 1.36. The molecule has 0 bridgehead atoms. The van der Waals surface area contributed by atoms with E-state index in [0.717, 1.165) is 0 Å². The summed E-state index contributed by atoms with van der Waals surface area (Å²) in [5.41, 5.74) is -2.41. The van der Waals surface area contributed by atoms with Gasteiger partial charge in [-0.25, -0.2) is 14.4 Å². The van der Waals surface area contributed by atoms with Crippen molar-refractivity contribution >= 4 is 0 Å². The Hall–Kier alpha value is -2.11. The molecule has 0 amide bonds. The second-order valence-corrected chi connectivity index (χ2v) is 1.36. The molecule has 0 saturated carbocycles. The number of H-pyrrole nitrogens is 3. The highest BCUT2D eigenvalue weighted by molar-refractivity contribution is 4.60. The highest BCUT2D eigenvalue weighted by atomic mass is 16.2.